The molecule has 0 bridgehead atoms. The van der Waals surface area contributed by atoms with E-state index in [0.29, 0.717) is 17.5 Å². The van der Waals surface area contributed by atoms with Gasteiger partial charge in [-0.3, -0.25) is 0 Å². The lowest BCUT2D eigenvalue weighted by atomic mass is 10.1. The van der Waals surface area contributed by atoms with Crippen LogP contribution in [-0.2, 0) is 0 Å². The summed E-state index contributed by atoms with van der Waals surface area (Å²) in [5.41, 5.74) is 2.57. The molecular formula is C19H17N5O2. The number of hydrogen-bond acceptors (Lipinski definition) is 6. The molecule has 7 nitrogen and oxygen atoms in total. The number of methoxy groups -OCH3 is 1. The summed E-state index contributed by atoms with van der Waals surface area (Å²) in [7, 11) is 1.62. The molecule has 0 aliphatic heterocycles. The Kier molecular flexibility index (Phi) is 4.10. The Bertz CT molecular complexity index is 1020. The number of ether oxygens (including phenoxy) is 1. The highest BCUT2D eigenvalue weighted by atomic mass is 16.5. The van der Waals surface area contributed by atoms with Crippen molar-refractivity contribution in [2.24, 2.45) is 0 Å². The first kappa shape index (κ1) is 15.9. The third-order valence-electron chi connectivity index (χ3n) is 3.90. The Morgan fingerprint density at radius 1 is 1.08 bits per heavy atom. The minimum atomic E-state index is 0.495. The van der Waals surface area contributed by atoms with E-state index in [1.807, 2.05) is 59.3 Å². The molecule has 0 unspecified atom stereocenters. The van der Waals surface area contributed by atoms with Crippen LogP contribution in [0.5, 0.6) is 5.75 Å². The zero-order chi connectivity index (χ0) is 17.9. The predicted octanol–water partition coefficient (Wildman–Crippen LogP) is 3.98. The average Bonchev–Trinajstić information content (AvgIpc) is 3.32. The fourth-order valence-corrected chi connectivity index (χ4v) is 2.66. The molecule has 2 heterocycles. The summed E-state index contributed by atoms with van der Waals surface area (Å²) in [4.78, 5) is 4.33. The van der Waals surface area contributed by atoms with Gasteiger partial charge in [0.2, 0.25) is 11.7 Å². The fraction of sp³-hybridized carbons (Fsp3) is 0.105. The second kappa shape index (κ2) is 6.72. The second-order valence-electron chi connectivity index (χ2n) is 5.64. The lowest BCUT2D eigenvalue weighted by molar-refractivity contribution is 0.394. The van der Waals surface area contributed by atoms with E-state index in [0.717, 1.165) is 22.8 Å². The Labute approximate surface area is 150 Å². The molecule has 0 saturated carbocycles. The van der Waals surface area contributed by atoms with Crippen molar-refractivity contribution < 1.29 is 9.26 Å². The molecule has 0 spiro atoms. The van der Waals surface area contributed by atoms with E-state index in [1.54, 1.807) is 20.2 Å². The molecule has 0 amide bonds. The number of aromatic nitrogens is 4. The summed E-state index contributed by atoms with van der Waals surface area (Å²) in [5, 5.41) is 11.8. The van der Waals surface area contributed by atoms with Gasteiger partial charge in [0.15, 0.2) is 0 Å². The molecule has 0 atom stereocenters. The largest absolute Gasteiger partial charge is 0.497 e. The number of para-hydroxylation sites is 1. The van der Waals surface area contributed by atoms with Crippen LogP contribution >= 0.6 is 0 Å². The monoisotopic (exact) mass is 347 g/mol. The van der Waals surface area contributed by atoms with Crippen molar-refractivity contribution in [1.82, 2.24) is 19.9 Å². The van der Waals surface area contributed by atoms with E-state index >= 15 is 0 Å². The standard InChI is InChI=1S/C19H17N5O2/c1-13-21-19(23-26-13)16-12-15(25-2)8-9-17(16)22-18-10-11-20-24(18)14-6-4-3-5-7-14/h3-12,22H,1-2H3. The van der Waals surface area contributed by atoms with E-state index in [9.17, 15) is 0 Å². The van der Waals surface area contributed by atoms with Crippen molar-refractivity contribution in [1.29, 1.82) is 0 Å². The maximum atomic E-state index is 5.33. The van der Waals surface area contributed by atoms with Gasteiger partial charge in [-0.25, -0.2) is 4.68 Å². The number of rotatable bonds is 5. The van der Waals surface area contributed by atoms with Crippen molar-refractivity contribution in [3.8, 4) is 22.8 Å². The maximum absolute atomic E-state index is 5.33. The summed E-state index contributed by atoms with van der Waals surface area (Å²) >= 11 is 0. The molecule has 0 radical (unpaired) electrons. The predicted molar refractivity (Wildman–Crippen MR) is 97.9 cm³/mol. The number of hydrogen-bond donors (Lipinski definition) is 1. The Morgan fingerprint density at radius 2 is 1.92 bits per heavy atom. The second-order valence-corrected chi connectivity index (χ2v) is 5.64. The van der Waals surface area contributed by atoms with Crippen molar-refractivity contribution >= 4 is 11.5 Å². The minimum absolute atomic E-state index is 0.495. The molecule has 26 heavy (non-hydrogen) atoms. The SMILES string of the molecule is COc1ccc(Nc2ccnn2-c2ccccc2)c(-c2noc(C)n2)c1. The lowest BCUT2D eigenvalue weighted by Gasteiger charge is -2.13. The lowest BCUT2D eigenvalue weighted by Crippen LogP contribution is -2.03. The average molecular weight is 347 g/mol. The van der Waals surface area contributed by atoms with Gasteiger partial charge in [-0.2, -0.15) is 10.1 Å². The molecule has 4 rings (SSSR count). The third kappa shape index (κ3) is 3.02. The highest BCUT2D eigenvalue weighted by molar-refractivity contribution is 5.78. The molecule has 0 aliphatic carbocycles. The van der Waals surface area contributed by atoms with Gasteiger partial charge in [-0.15, -0.1) is 0 Å². The Morgan fingerprint density at radius 3 is 2.65 bits per heavy atom. The molecule has 2 aromatic heterocycles. The van der Waals surface area contributed by atoms with Crippen LogP contribution in [0, 0.1) is 6.92 Å². The van der Waals surface area contributed by atoms with E-state index in [-0.39, 0.29) is 0 Å². The first-order valence-corrected chi connectivity index (χ1v) is 8.10. The minimum Gasteiger partial charge on any atom is -0.497 e. The van der Waals surface area contributed by atoms with Crippen molar-refractivity contribution in [2.75, 3.05) is 12.4 Å². The van der Waals surface area contributed by atoms with Crippen LogP contribution in [0.4, 0.5) is 11.5 Å². The molecule has 0 fully saturated rings. The molecule has 7 heteroatoms. The Hall–Kier alpha value is -3.61. The van der Waals surface area contributed by atoms with Gasteiger partial charge in [0.05, 0.1) is 24.7 Å². The van der Waals surface area contributed by atoms with Gasteiger partial charge in [0.1, 0.15) is 11.6 Å². The Balaban J connectivity index is 1.75. The van der Waals surface area contributed by atoms with Crippen LogP contribution in [0.25, 0.3) is 17.1 Å². The van der Waals surface area contributed by atoms with Gasteiger partial charge < -0.3 is 14.6 Å². The zero-order valence-electron chi connectivity index (χ0n) is 14.4. The topological polar surface area (TPSA) is 78.0 Å². The smallest absolute Gasteiger partial charge is 0.223 e. The van der Waals surface area contributed by atoms with E-state index < -0.39 is 0 Å². The van der Waals surface area contributed by atoms with Crippen molar-refractivity contribution in [3.05, 3.63) is 66.7 Å². The third-order valence-corrected chi connectivity index (χ3v) is 3.90. The van der Waals surface area contributed by atoms with E-state index in [2.05, 4.69) is 20.6 Å². The van der Waals surface area contributed by atoms with Gasteiger partial charge in [-0.05, 0) is 30.3 Å². The molecule has 0 saturated heterocycles. The molecule has 4 aromatic rings. The van der Waals surface area contributed by atoms with E-state index in [1.165, 1.54) is 0 Å². The zero-order valence-corrected chi connectivity index (χ0v) is 14.4. The van der Waals surface area contributed by atoms with Crippen LogP contribution in [0.3, 0.4) is 0 Å². The van der Waals surface area contributed by atoms with Crippen LogP contribution in [-0.4, -0.2) is 27.0 Å². The van der Waals surface area contributed by atoms with Crippen molar-refractivity contribution in [2.45, 2.75) is 6.92 Å². The van der Waals surface area contributed by atoms with Crippen LogP contribution in [0.2, 0.25) is 0 Å². The summed E-state index contributed by atoms with van der Waals surface area (Å²) in [6.45, 7) is 1.76. The number of nitrogens with one attached hydrogen (secondary N) is 1. The van der Waals surface area contributed by atoms with Gasteiger partial charge in [-0.1, -0.05) is 23.4 Å². The van der Waals surface area contributed by atoms with Crippen LogP contribution in [0.15, 0.2) is 65.3 Å². The number of anilines is 2. The fourth-order valence-electron chi connectivity index (χ4n) is 2.66. The molecule has 1 N–H and O–H groups in total. The van der Waals surface area contributed by atoms with Gasteiger partial charge in [0, 0.05) is 18.6 Å². The summed E-state index contributed by atoms with van der Waals surface area (Å²) < 4.78 is 12.3. The summed E-state index contributed by atoms with van der Waals surface area (Å²) in [6.07, 6.45) is 1.75. The maximum Gasteiger partial charge on any atom is 0.223 e. The van der Waals surface area contributed by atoms with Crippen LogP contribution < -0.4 is 10.1 Å². The molecular weight excluding hydrogens is 330 g/mol. The number of nitrogens with zero attached hydrogens (tertiary/aromatic N) is 4. The number of aryl methyl sites for hydroxylation is 1. The molecule has 2 aromatic carbocycles. The summed E-state index contributed by atoms with van der Waals surface area (Å²) in [6, 6.07) is 17.5. The van der Waals surface area contributed by atoms with E-state index in [4.69, 9.17) is 9.26 Å². The highest BCUT2D eigenvalue weighted by Gasteiger charge is 2.14. The molecule has 0 aliphatic rings. The quantitative estimate of drug-likeness (QED) is 0.588. The van der Waals surface area contributed by atoms with Crippen molar-refractivity contribution in [3.63, 3.8) is 0 Å². The summed E-state index contributed by atoms with van der Waals surface area (Å²) in [5.74, 6) is 2.53. The van der Waals surface area contributed by atoms with Crippen LogP contribution in [0.1, 0.15) is 5.89 Å². The normalized spacial score (nSPS) is 10.7. The number of benzene rings is 2. The van der Waals surface area contributed by atoms with Gasteiger partial charge in [0.25, 0.3) is 0 Å². The van der Waals surface area contributed by atoms with Gasteiger partial charge >= 0.3 is 0 Å². The molecule has 130 valence electrons. The highest BCUT2D eigenvalue weighted by Crippen LogP contribution is 2.32. The first-order chi connectivity index (χ1) is 12.7. The first-order valence-electron chi connectivity index (χ1n) is 8.10.